The summed E-state index contributed by atoms with van der Waals surface area (Å²) < 4.78 is 13.3. The molecular weight excluding hydrogens is 266 g/mol. The van der Waals surface area contributed by atoms with Crippen LogP contribution in [0.5, 0.6) is 0 Å². The van der Waals surface area contributed by atoms with Crippen LogP contribution < -0.4 is 10.6 Å². The summed E-state index contributed by atoms with van der Waals surface area (Å²) in [7, 11) is 0. The maximum atomic E-state index is 13.3. The Balaban J connectivity index is 0.00000256. The van der Waals surface area contributed by atoms with Crippen LogP contribution in [0, 0.1) is 5.82 Å². The zero-order valence-corrected chi connectivity index (χ0v) is 11.0. The third-order valence-electron chi connectivity index (χ3n) is 2.03. The Morgan fingerprint density at radius 2 is 2.12 bits per heavy atom. The van der Waals surface area contributed by atoms with Crippen LogP contribution in [0.3, 0.4) is 0 Å². The minimum atomic E-state index is -0.603. The zero-order chi connectivity index (χ0) is 12.0. The van der Waals surface area contributed by atoms with E-state index in [0.29, 0.717) is 13.1 Å². The maximum Gasteiger partial charge on any atom is 0.255 e. The van der Waals surface area contributed by atoms with Crippen molar-refractivity contribution in [2.24, 2.45) is 0 Å². The third kappa shape index (κ3) is 4.89. The van der Waals surface area contributed by atoms with Gasteiger partial charge >= 0.3 is 0 Å². The first-order valence-electron chi connectivity index (χ1n) is 5.09. The van der Waals surface area contributed by atoms with Gasteiger partial charge in [0.25, 0.3) is 5.91 Å². The van der Waals surface area contributed by atoms with Crippen LogP contribution in [0.4, 0.5) is 4.39 Å². The summed E-state index contributed by atoms with van der Waals surface area (Å²) in [6.07, 6.45) is 0. The zero-order valence-electron chi connectivity index (χ0n) is 9.43. The normalized spacial score (nSPS) is 9.59. The average molecular weight is 281 g/mol. The Labute approximate surface area is 111 Å². The summed E-state index contributed by atoms with van der Waals surface area (Å²) in [6, 6.07) is 4.17. The molecule has 0 heterocycles. The Hall–Kier alpha value is -0.840. The summed E-state index contributed by atoms with van der Waals surface area (Å²) >= 11 is 5.75. The molecule has 0 aliphatic rings. The minimum absolute atomic E-state index is 0. The molecule has 1 amide bonds. The molecule has 17 heavy (non-hydrogen) atoms. The predicted molar refractivity (Wildman–Crippen MR) is 69.5 cm³/mol. The Morgan fingerprint density at radius 3 is 2.71 bits per heavy atom. The van der Waals surface area contributed by atoms with E-state index in [1.165, 1.54) is 18.2 Å². The second-order valence-corrected chi connectivity index (χ2v) is 3.61. The molecule has 96 valence electrons. The molecule has 0 atom stereocenters. The molecule has 1 rings (SSSR count). The van der Waals surface area contributed by atoms with Gasteiger partial charge < -0.3 is 10.6 Å². The number of benzene rings is 1. The lowest BCUT2D eigenvalue weighted by atomic mass is 10.2. The van der Waals surface area contributed by atoms with Crippen LogP contribution in [0.2, 0.25) is 5.02 Å². The van der Waals surface area contributed by atoms with Crippen molar-refractivity contribution in [1.82, 2.24) is 10.6 Å². The molecule has 0 saturated heterocycles. The Morgan fingerprint density at radius 1 is 1.41 bits per heavy atom. The molecule has 0 aromatic heterocycles. The molecule has 6 heteroatoms. The van der Waals surface area contributed by atoms with Crippen molar-refractivity contribution in [3.63, 3.8) is 0 Å². The van der Waals surface area contributed by atoms with Crippen LogP contribution in [0.25, 0.3) is 0 Å². The van der Waals surface area contributed by atoms with Crippen molar-refractivity contribution in [3.8, 4) is 0 Å². The molecule has 0 aliphatic heterocycles. The first kappa shape index (κ1) is 16.2. The number of likely N-dealkylation sites (N-methyl/N-ethyl adjacent to an activating group) is 1. The molecule has 1 aromatic rings. The van der Waals surface area contributed by atoms with Crippen molar-refractivity contribution in [2.45, 2.75) is 6.92 Å². The van der Waals surface area contributed by atoms with Crippen LogP contribution in [-0.4, -0.2) is 25.5 Å². The van der Waals surface area contributed by atoms with E-state index in [4.69, 9.17) is 11.6 Å². The number of hydrogen-bond donors (Lipinski definition) is 2. The van der Waals surface area contributed by atoms with Gasteiger partial charge in [-0.05, 0) is 18.7 Å². The third-order valence-corrected chi connectivity index (χ3v) is 2.34. The lowest BCUT2D eigenvalue weighted by molar-refractivity contribution is 0.0950. The summed E-state index contributed by atoms with van der Waals surface area (Å²) in [5, 5.41) is 5.76. The van der Waals surface area contributed by atoms with Gasteiger partial charge in [-0.2, -0.15) is 0 Å². The van der Waals surface area contributed by atoms with E-state index in [1.807, 2.05) is 6.92 Å². The number of rotatable bonds is 5. The highest BCUT2D eigenvalue weighted by molar-refractivity contribution is 6.33. The van der Waals surface area contributed by atoms with Crippen molar-refractivity contribution in [3.05, 3.63) is 34.6 Å². The second kappa shape index (κ2) is 8.28. The first-order chi connectivity index (χ1) is 7.66. The van der Waals surface area contributed by atoms with Gasteiger partial charge in [0.05, 0.1) is 10.6 Å². The standard InChI is InChI=1S/C11H14ClFN2O.ClH/c1-2-14-6-7-15-11(16)10-8(12)4-3-5-9(10)13;/h3-5,14H,2,6-7H2,1H3,(H,15,16);1H. The number of hydrogen-bond acceptors (Lipinski definition) is 2. The number of carbonyl (C=O) groups excluding carboxylic acids is 1. The monoisotopic (exact) mass is 280 g/mol. The van der Waals surface area contributed by atoms with E-state index >= 15 is 0 Å². The molecule has 0 radical (unpaired) electrons. The number of halogens is 3. The van der Waals surface area contributed by atoms with Gasteiger partial charge in [0, 0.05) is 13.1 Å². The molecule has 2 N–H and O–H groups in total. The average Bonchev–Trinajstić information content (AvgIpc) is 2.24. The summed E-state index contributed by atoms with van der Waals surface area (Å²) in [4.78, 5) is 11.6. The van der Waals surface area contributed by atoms with E-state index in [0.717, 1.165) is 6.54 Å². The number of nitrogens with one attached hydrogen (secondary N) is 2. The minimum Gasteiger partial charge on any atom is -0.351 e. The van der Waals surface area contributed by atoms with Crippen molar-refractivity contribution in [2.75, 3.05) is 19.6 Å². The molecule has 1 aromatic carbocycles. The van der Waals surface area contributed by atoms with Crippen LogP contribution in [0.15, 0.2) is 18.2 Å². The molecule has 0 aliphatic carbocycles. The number of amides is 1. The van der Waals surface area contributed by atoms with Gasteiger partial charge in [-0.1, -0.05) is 24.6 Å². The topological polar surface area (TPSA) is 41.1 Å². The van der Waals surface area contributed by atoms with Crippen molar-refractivity contribution in [1.29, 1.82) is 0 Å². The molecule has 3 nitrogen and oxygen atoms in total. The van der Waals surface area contributed by atoms with E-state index < -0.39 is 11.7 Å². The van der Waals surface area contributed by atoms with E-state index in [1.54, 1.807) is 0 Å². The van der Waals surface area contributed by atoms with E-state index in [-0.39, 0.29) is 23.0 Å². The fraction of sp³-hybridized carbons (Fsp3) is 0.364. The van der Waals surface area contributed by atoms with Crippen LogP contribution >= 0.6 is 24.0 Å². The van der Waals surface area contributed by atoms with E-state index in [9.17, 15) is 9.18 Å². The molecule has 0 saturated carbocycles. The van der Waals surface area contributed by atoms with Gasteiger partial charge in [0.15, 0.2) is 0 Å². The second-order valence-electron chi connectivity index (χ2n) is 3.21. The van der Waals surface area contributed by atoms with Gasteiger partial charge in [0.1, 0.15) is 5.82 Å². The largest absolute Gasteiger partial charge is 0.351 e. The predicted octanol–water partition coefficient (Wildman–Crippen LogP) is 2.24. The molecule has 0 bridgehead atoms. The van der Waals surface area contributed by atoms with Gasteiger partial charge in [-0.3, -0.25) is 4.79 Å². The highest BCUT2D eigenvalue weighted by Gasteiger charge is 2.14. The molecular formula is C11H15Cl2FN2O. The summed E-state index contributed by atoms with van der Waals surface area (Å²) in [5.74, 6) is -1.09. The van der Waals surface area contributed by atoms with Gasteiger partial charge in [0.2, 0.25) is 0 Å². The lowest BCUT2D eigenvalue weighted by Crippen LogP contribution is -2.32. The quantitative estimate of drug-likeness (QED) is 0.813. The molecule has 0 spiro atoms. The Bertz CT molecular complexity index is 354. The number of carbonyl (C=O) groups is 1. The van der Waals surface area contributed by atoms with Gasteiger partial charge in [-0.15, -0.1) is 12.4 Å². The summed E-state index contributed by atoms with van der Waals surface area (Å²) in [6.45, 7) is 3.89. The van der Waals surface area contributed by atoms with E-state index in [2.05, 4.69) is 10.6 Å². The van der Waals surface area contributed by atoms with Gasteiger partial charge in [-0.25, -0.2) is 4.39 Å². The van der Waals surface area contributed by atoms with Crippen molar-refractivity contribution >= 4 is 29.9 Å². The van der Waals surface area contributed by atoms with Crippen molar-refractivity contribution < 1.29 is 9.18 Å². The highest BCUT2D eigenvalue weighted by Crippen LogP contribution is 2.18. The smallest absolute Gasteiger partial charge is 0.255 e. The first-order valence-corrected chi connectivity index (χ1v) is 5.47. The van der Waals surface area contributed by atoms with Crippen LogP contribution in [0.1, 0.15) is 17.3 Å². The fourth-order valence-electron chi connectivity index (χ4n) is 1.24. The SMILES string of the molecule is CCNCCNC(=O)c1c(F)cccc1Cl.Cl. The fourth-order valence-corrected chi connectivity index (χ4v) is 1.49. The maximum absolute atomic E-state index is 13.3. The molecule has 0 fully saturated rings. The summed E-state index contributed by atoms with van der Waals surface area (Å²) in [5.41, 5.74) is -0.0966. The Kier molecular flexibility index (Phi) is 7.87. The lowest BCUT2D eigenvalue weighted by Gasteiger charge is -2.07. The highest BCUT2D eigenvalue weighted by atomic mass is 35.5. The van der Waals surface area contributed by atoms with Crippen LogP contribution in [-0.2, 0) is 0 Å². The molecule has 0 unspecified atom stereocenters.